The number of aryl methyl sites for hydroxylation is 3. The van der Waals surface area contributed by atoms with Crippen LogP contribution in [-0.2, 0) is 18.4 Å². The van der Waals surface area contributed by atoms with Crippen molar-refractivity contribution in [3.05, 3.63) is 52.1 Å². The molecule has 6 heteroatoms. The number of halogens is 1. The average Bonchev–Trinajstić information content (AvgIpc) is 2.72. The van der Waals surface area contributed by atoms with E-state index < -0.39 is 11.7 Å². The number of benzene rings is 1. The molecule has 0 saturated carbocycles. The Morgan fingerprint density at radius 1 is 1.27 bits per heavy atom. The smallest absolute Gasteiger partial charge is 0.292 e. The molecule has 0 fully saturated rings. The summed E-state index contributed by atoms with van der Waals surface area (Å²) in [4.78, 5) is 24.2. The van der Waals surface area contributed by atoms with Crippen molar-refractivity contribution in [1.29, 1.82) is 0 Å². The van der Waals surface area contributed by atoms with Gasteiger partial charge in [0.05, 0.1) is 11.3 Å². The molecule has 1 amide bonds. The van der Waals surface area contributed by atoms with E-state index >= 15 is 0 Å². The Morgan fingerprint density at radius 2 is 1.95 bits per heavy atom. The number of carbonyl (C=O) groups is 2. The molecule has 0 saturated heterocycles. The zero-order valence-corrected chi connectivity index (χ0v) is 13.0. The monoisotopic (exact) mass is 303 g/mol. The summed E-state index contributed by atoms with van der Waals surface area (Å²) in [5.41, 5.74) is 2.74. The summed E-state index contributed by atoms with van der Waals surface area (Å²) in [6.07, 6.45) is 0. The molecule has 1 aromatic heterocycles. The Hall–Kier alpha value is -2.50. The van der Waals surface area contributed by atoms with E-state index in [9.17, 15) is 14.0 Å². The van der Waals surface area contributed by atoms with Gasteiger partial charge in [-0.25, -0.2) is 4.39 Å². The molecule has 1 heterocycles. The van der Waals surface area contributed by atoms with Crippen molar-refractivity contribution in [3.8, 4) is 0 Å². The molecule has 0 radical (unpaired) electrons. The number of rotatable bonds is 4. The molecule has 0 atom stereocenters. The fourth-order valence-electron chi connectivity index (χ4n) is 2.30. The van der Waals surface area contributed by atoms with Gasteiger partial charge in [0.15, 0.2) is 0 Å². The van der Waals surface area contributed by atoms with Crippen LogP contribution in [0, 0.1) is 26.6 Å². The number of nitrogens with one attached hydrogen (secondary N) is 1. The summed E-state index contributed by atoms with van der Waals surface area (Å²) >= 11 is 0. The van der Waals surface area contributed by atoms with Crippen molar-refractivity contribution in [1.82, 2.24) is 15.1 Å². The molecule has 2 aromatic rings. The highest BCUT2D eigenvalue weighted by molar-refractivity contribution is 6.43. The fourth-order valence-corrected chi connectivity index (χ4v) is 2.30. The van der Waals surface area contributed by atoms with E-state index in [-0.39, 0.29) is 12.4 Å². The van der Waals surface area contributed by atoms with Crippen molar-refractivity contribution in [2.24, 2.45) is 7.05 Å². The lowest BCUT2D eigenvalue weighted by Crippen LogP contribution is -2.31. The first-order valence-electron chi connectivity index (χ1n) is 6.89. The van der Waals surface area contributed by atoms with Crippen LogP contribution < -0.4 is 5.32 Å². The third-order valence-corrected chi connectivity index (χ3v) is 3.62. The molecule has 2 rings (SSSR count). The summed E-state index contributed by atoms with van der Waals surface area (Å²) < 4.78 is 14.8. The Morgan fingerprint density at radius 3 is 2.50 bits per heavy atom. The first-order valence-corrected chi connectivity index (χ1v) is 6.89. The highest BCUT2D eigenvalue weighted by Crippen LogP contribution is 2.13. The number of aromatic nitrogens is 2. The number of hydrogen-bond donors (Lipinski definition) is 1. The van der Waals surface area contributed by atoms with E-state index in [4.69, 9.17) is 0 Å². The van der Waals surface area contributed by atoms with Crippen LogP contribution in [0.3, 0.4) is 0 Å². The van der Waals surface area contributed by atoms with Crippen LogP contribution in [0.4, 0.5) is 4.39 Å². The third kappa shape index (κ3) is 3.05. The molecule has 5 nitrogen and oxygen atoms in total. The number of Topliss-reactive ketones (excluding diaryl/α,β-unsaturated/α-hetero) is 1. The lowest BCUT2D eigenvalue weighted by molar-refractivity contribution is -0.117. The molecule has 22 heavy (non-hydrogen) atoms. The van der Waals surface area contributed by atoms with Crippen LogP contribution in [0.5, 0.6) is 0 Å². The number of nitrogens with zero attached hydrogens (tertiary/aromatic N) is 2. The maximum Gasteiger partial charge on any atom is 0.292 e. The molecule has 0 aliphatic heterocycles. The molecule has 0 aliphatic carbocycles. The van der Waals surface area contributed by atoms with Gasteiger partial charge in [-0.2, -0.15) is 5.10 Å². The summed E-state index contributed by atoms with van der Waals surface area (Å²) in [6.45, 7) is 5.25. The Kier molecular flexibility index (Phi) is 4.40. The predicted molar refractivity (Wildman–Crippen MR) is 80.0 cm³/mol. The minimum atomic E-state index is -0.693. The number of amides is 1. The first kappa shape index (κ1) is 15.9. The van der Waals surface area contributed by atoms with E-state index in [0.29, 0.717) is 22.5 Å². The van der Waals surface area contributed by atoms with Crippen molar-refractivity contribution in [2.45, 2.75) is 27.3 Å². The van der Waals surface area contributed by atoms with Gasteiger partial charge in [0.25, 0.3) is 11.7 Å². The molecule has 0 unspecified atom stereocenters. The molecule has 0 bridgehead atoms. The maximum absolute atomic E-state index is 13.2. The lowest BCUT2D eigenvalue weighted by Gasteiger charge is -2.06. The molecular weight excluding hydrogens is 285 g/mol. The first-order chi connectivity index (χ1) is 10.3. The van der Waals surface area contributed by atoms with Crippen molar-refractivity contribution >= 4 is 11.7 Å². The van der Waals surface area contributed by atoms with E-state index in [1.807, 2.05) is 0 Å². The molecule has 1 N–H and O–H groups in total. The lowest BCUT2D eigenvalue weighted by atomic mass is 10.1. The zero-order valence-electron chi connectivity index (χ0n) is 13.0. The number of hydrogen-bond acceptors (Lipinski definition) is 3. The highest BCUT2D eigenvalue weighted by atomic mass is 19.1. The number of carbonyl (C=O) groups excluding carboxylic acids is 2. The van der Waals surface area contributed by atoms with Gasteiger partial charge in [0.2, 0.25) is 0 Å². The second-order valence-corrected chi connectivity index (χ2v) is 5.26. The Bertz CT molecular complexity index is 750. The van der Waals surface area contributed by atoms with Crippen LogP contribution in [0.2, 0.25) is 0 Å². The quantitative estimate of drug-likeness (QED) is 0.694. The Balaban J connectivity index is 2.08. The minimum absolute atomic E-state index is 0.171. The van der Waals surface area contributed by atoms with Crippen LogP contribution in [-0.4, -0.2) is 21.5 Å². The standard InChI is InChI=1S/C16H18FN3O2/c1-9-7-12(5-6-13(9)17)8-18-16(22)15(21)14-10(2)19-20(4)11(14)3/h5-7H,8H2,1-4H3,(H,18,22). The van der Waals surface area contributed by atoms with E-state index in [0.717, 1.165) is 5.56 Å². The second-order valence-electron chi connectivity index (χ2n) is 5.26. The van der Waals surface area contributed by atoms with Crippen molar-refractivity contribution in [2.75, 3.05) is 0 Å². The Labute approximate surface area is 128 Å². The fraction of sp³-hybridized carbons (Fsp3) is 0.312. The van der Waals surface area contributed by atoms with Gasteiger partial charge in [-0.05, 0) is 38.0 Å². The molecular formula is C16H18FN3O2. The topological polar surface area (TPSA) is 64.0 Å². The van der Waals surface area contributed by atoms with Crippen LogP contribution in [0.25, 0.3) is 0 Å². The van der Waals surface area contributed by atoms with Crippen molar-refractivity contribution < 1.29 is 14.0 Å². The van der Waals surface area contributed by atoms with Gasteiger partial charge in [-0.3, -0.25) is 14.3 Å². The molecule has 116 valence electrons. The van der Waals surface area contributed by atoms with Crippen LogP contribution >= 0.6 is 0 Å². The van der Waals surface area contributed by atoms with E-state index in [1.165, 1.54) is 6.07 Å². The summed E-state index contributed by atoms with van der Waals surface area (Å²) in [5.74, 6) is -1.60. The normalized spacial score (nSPS) is 10.6. The third-order valence-electron chi connectivity index (χ3n) is 3.62. The highest BCUT2D eigenvalue weighted by Gasteiger charge is 2.23. The summed E-state index contributed by atoms with van der Waals surface area (Å²) in [5, 5.41) is 6.69. The van der Waals surface area contributed by atoms with E-state index in [1.54, 1.807) is 44.6 Å². The average molecular weight is 303 g/mol. The SMILES string of the molecule is Cc1cc(CNC(=O)C(=O)c2c(C)nn(C)c2C)ccc1F. The van der Waals surface area contributed by atoms with Gasteiger partial charge in [-0.1, -0.05) is 12.1 Å². The van der Waals surface area contributed by atoms with Gasteiger partial charge >= 0.3 is 0 Å². The largest absolute Gasteiger partial charge is 0.345 e. The van der Waals surface area contributed by atoms with Gasteiger partial charge in [0.1, 0.15) is 5.82 Å². The summed E-state index contributed by atoms with van der Waals surface area (Å²) in [6, 6.07) is 4.56. The zero-order chi connectivity index (χ0) is 16.4. The summed E-state index contributed by atoms with van der Waals surface area (Å²) in [7, 11) is 1.72. The molecule has 0 spiro atoms. The molecule has 1 aromatic carbocycles. The molecule has 0 aliphatic rings. The van der Waals surface area contributed by atoms with Gasteiger partial charge in [-0.15, -0.1) is 0 Å². The maximum atomic E-state index is 13.2. The second kappa shape index (κ2) is 6.09. The van der Waals surface area contributed by atoms with Gasteiger partial charge < -0.3 is 5.32 Å². The van der Waals surface area contributed by atoms with Gasteiger partial charge in [0, 0.05) is 19.3 Å². The van der Waals surface area contributed by atoms with Crippen LogP contribution in [0.15, 0.2) is 18.2 Å². The van der Waals surface area contributed by atoms with Crippen LogP contribution in [0.1, 0.15) is 32.9 Å². The predicted octanol–water partition coefficient (Wildman–Crippen LogP) is 1.98. The van der Waals surface area contributed by atoms with E-state index in [2.05, 4.69) is 10.4 Å². The van der Waals surface area contributed by atoms with Crippen molar-refractivity contribution in [3.63, 3.8) is 0 Å². The number of ketones is 1. The minimum Gasteiger partial charge on any atom is -0.345 e.